The molecule has 0 saturated heterocycles. The summed E-state index contributed by atoms with van der Waals surface area (Å²) in [6.45, 7) is 3.69. The minimum atomic E-state index is -0.373. The predicted molar refractivity (Wildman–Crippen MR) is 98.8 cm³/mol. The molecule has 0 fully saturated rings. The molecule has 0 aliphatic heterocycles. The fraction of sp³-hybridized carbons (Fsp3) is 0.368. The molecular weight excluding hydrogens is 342 g/mol. The second-order valence-electron chi connectivity index (χ2n) is 5.59. The van der Waals surface area contributed by atoms with E-state index in [2.05, 4.69) is 5.32 Å². The predicted octanol–water partition coefficient (Wildman–Crippen LogP) is 3.28. The second kappa shape index (κ2) is 10.1. The van der Waals surface area contributed by atoms with Gasteiger partial charge in [0.05, 0.1) is 18.2 Å². The number of rotatable bonds is 10. The number of aliphatic hydroxyl groups excluding tert-OH is 1. The Morgan fingerprint density at radius 1 is 1.04 bits per heavy atom. The van der Waals surface area contributed by atoms with E-state index in [9.17, 15) is 5.11 Å². The molecule has 25 heavy (non-hydrogen) atoms. The lowest BCUT2D eigenvalue weighted by Gasteiger charge is -2.14. The maximum atomic E-state index is 9.27. The van der Waals surface area contributed by atoms with E-state index in [1.165, 1.54) is 0 Å². The van der Waals surface area contributed by atoms with Gasteiger partial charge in [0.2, 0.25) is 0 Å². The number of para-hydroxylation sites is 1. The van der Waals surface area contributed by atoms with Gasteiger partial charge in [-0.15, -0.1) is 0 Å². The van der Waals surface area contributed by atoms with Crippen molar-refractivity contribution in [1.82, 2.24) is 5.32 Å². The van der Waals surface area contributed by atoms with Crippen LogP contribution in [0.5, 0.6) is 17.2 Å². The lowest BCUT2D eigenvalue weighted by Crippen LogP contribution is -2.23. The van der Waals surface area contributed by atoms with Gasteiger partial charge in [0.15, 0.2) is 11.5 Å². The third-order valence-corrected chi connectivity index (χ3v) is 3.74. The summed E-state index contributed by atoms with van der Waals surface area (Å²) in [5, 5.41) is 13.0. The van der Waals surface area contributed by atoms with Crippen molar-refractivity contribution in [2.45, 2.75) is 19.6 Å². The van der Waals surface area contributed by atoms with Crippen LogP contribution in [-0.4, -0.2) is 38.1 Å². The SMILES string of the molecule is COc1cc(CNCC(C)O)ccc1OCCOc1ccccc1Cl. The Balaban J connectivity index is 1.83. The first-order valence-electron chi connectivity index (χ1n) is 8.16. The number of nitrogens with one attached hydrogen (secondary N) is 1. The summed E-state index contributed by atoms with van der Waals surface area (Å²) < 4.78 is 16.7. The maximum Gasteiger partial charge on any atom is 0.161 e. The van der Waals surface area contributed by atoms with Crippen LogP contribution < -0.4 is 19.5 Å². The van der Waals surface area contributed by atoms with Crippen LogP contribution in [0.2, 0.25) is 5.02 Å². The van der Waals surface area contributed by atoms with Crippen LogP contribution in [0.1, 0.15) is 12.5 Å². The number of benzene rings is 2. The molecular formula is C19H24ClNO4. The number of hydrogen-bond acceptors (Lipinski definition) is 5. The van der Waals surface area contributed by atoms with Gasteiger partial charge in [-0.1, -0.05) is 29.8 Å². The third kappa shape index (κ3) is 6.46. The van der Waals surface area contributed by atoms with Gasteiger partial charge >= 0.3 is 0 Å². The van der Waals surface area contributed by atoms with Gasteiger partial charge in [0, 0.05) is 13.1 Å². The summed E-state index contributed by atoms with van der Waals surface area (Å²) in [5.41, 5.74) is 1.05. The van der Waals surface area contributed by atoms with Gasteiger partial charge in [0.1, 0.15) is 19.0 Å². The molecule has 0 aromatic heterocycles. The van der Waals surface area contributed by atoms with Gasteiger partial charge in [-0.2, -0.15) is 0 Å². The summed E-state index contributed by atoms with van der Waals surface area (Å²) in [6, 6.07) is 13.1. The third-order valence-electron chi connectivity index (χ3n) is 3.43. The van der Waals surface area contributed by atoms with E-state index in [0.29, 0.717) is 48.6 Å². The molecule has 0 radical (unpaired) electrons. The highest BCUT2D eigenvalue weighted by atomic mass is 35.5. The van der Waals surface area contributed by atoms with Crippen LogP contribution in [0.15, 0.2) is 42.5 Å². The molecule has 0 aliphatic carbocycles. The van der Waals surface area contributed by atoms with Gasteiger partial charge in [0.25, 0.3) is 0 Å². The average molecular weight is 366 g/mol. The summed E-state index contributed by atoms with van der Waals surface area (Å²) in [5.74, 6) is 1.96. The number of halogens is 1. The van der Waals surface area contributed by atoms with Crippen molar-refractivity contribution in [3.8, 4) is 17.2 Å². The molecule has 2 aromatic carbocycles. The van der Waals surface area contributed by atoms with Crippen LogP contribution in [0, 0.1) is 0 Å². The summed E-state index contributed by atoms with van der Waals surface area (Å²) >= 11 is 6.04. The van der Waals surface area contributed by atoms with E-state index in [-0.39, 0.29) is 6.10 Å². The van der Waals surface area contributed by atoms with Crippen molar-refractivity contribution < 1.29 is 19.3 Å². The van der Waals surface area contributed by atoms with Crippen LogP contribution in [0.3, 0.4) is 0 Å². The van der Waals surface area contributed by atoms with Crippen LogP contribution in [0.25, 0.3) is 0 Å². The molecule has 0 bridgehead atoms. The lowest BCUT2D eigenvalue weighted by molar-refractivity contribution is 0.191. The summed E-state index contributed by atoms with van der Waals surface area (Å²) in [6.07, 6.45) is -0.373. The zero-order chi connectivity index (χ0) is 18.1. The van der Waals surface area contributed by atoms with Crippen molar-refractivity contribution in [3.63, 3.8) is 0 Å². The van der Waals surface area contributed by atoms with E-state index in [1.54, 1.807) is 20.1 Å². The van der Waals surface area contributed by atoms with Crippen molar-refractivity contribution in [1.29, 1.82) is 0 Å². The van der Waals surface area contributed by atoms with Crippen molar-refractivity contribution in [2.24, 2.45) is 0 Å². The summed E-state index contributed by atoms with van der Waals surface area (Å²) in [4.78, 5) is 0. The van der Waals surface area contributed by atoms with E-state index in [4.69, 9.17) is 25.8 Å². The monoisotopic (exact) mass is 365 g/mol. The minimum Gasteiger partial charge on any atom is -0.493 e. The molecule has 136 valence electrons. The Labute approximate surface area is 153 Å². The first-order chi connectivity index (χ1) is 12.1. The van der Waals surface area contributed by atoms with Gasteiger partial charge < -0.3 is 24.6 Å². The van der Waals surface area contributed by atoms with E-state index >= 15 is 0 Å². The second-order valence-corrected chi connectivity index (χ2v) is 6.00. The molecule has 0 heterocycles. The van der Waals surface area contributed by atoms with Gasteiger partial charge in [-0.3, -0.25) is 0 Å². The zero-order valence-electron chi connectivity index (χ0n) is 14.5. The smallest absolute Gasteiger partial charge is 0.161 e. The van der Waals surface area contributed by atoms with E-state index < -0.39 is 0 Å². The molecule has 2 aromatic rings. The highest BCUT2D eigenvalue weighted by Crippen LogP contribution is 2.28. The Hall–Kier alpha value is -1.95. The molecule has 1 atom stereocenters. The van der Waals surface area contributed by atoms with Gasteiger partial charge in [-0.25, -0.2) is 0 Å². The standard InChI is InChI=1S/C19H24ClNO4/c1-14(22)12-21-13-15-7-8-18(19(11-15)23-2)25-10-9-24-17-6-4-3-5-16(17)20/h3-8,11,14,21-22H,9-10,12-13H2,1-2H3. The number of aliphatic hydroxyl groups is 1. The first kappa shape index (κ1) is 19.4. The molecule has 0 amide bonds. The first-order valence-corrected chi connectivity index (χ1v) is 8.53. The molecule has 6 heteroatoms. The number of methoxy groups -OCH3 is 1. The molecule has 2 rings (SSSR count). The van der Waals surface area contributed by atoms with E-state index in [1.807, 2.05) is 36.4 Å². The van der Waals surface area contributed by atoms with Crippen molar-refractivity contribution in [2.75, 3.05) is 26.9 Å². The number of ether oxygens (including phenoxy) is 3. The van der Waals surface area contributed by atoms with Crippen molar-refractivity contribution >= 4 is 11.6 Å². The maximum absolute atomic E-state index is 9.27. The Bertz CT molecular complexity index is 664. The van der Waals surface area contributed by atoms with Crippen LogP contribution in [0.4, 0.5) is 0 Å². The van der Waals surface area contributed by atoms with E-state index in [0.717, 1.165) is 5.56 Å². The largest absolute Gasteiger partial charge is 0.493 e. The average Bonchev–Trinajstić information content (AvgIpc) is 2.60. The quantitative estimate of drug-likeness (QED) is 0.633. The number of hydrogen-bond donors (Lipinski definition) is 2. The fourth-order valence-corrected chi connectivity index (χ4v) is 2.42. The molecule has 0 aliphatic rings. The molecule has 0 saturated carbocycles. The van der Waals surface area contributed by atoms with Crippen LogP contribution >= 0.6 is 11.6 Å². The fourth-order valence-electron chi connectivity index (χ4n) is 2.23. The Morgan fingerprint density at radius 3 is 2.44 bits per heavy atom. The van der Waals surface area contributed by atoms with Crippen LogP contribution in [-0.2, 0) is 6.54 Å². The van der Waals surface area contributed by atoms with Crippen molar-refractivity contribution in [3.05, 3.63) is 53.1 Å². The molecule has 2 N–H and O–H groups in total. The topological polar surface area (TPSA) is 60.0 Å². The van der Waals surface area contributed by atoms with Gasteiger partial charge in [-0.05, 0) is 36.8 Å². The Kier molecular flexibility index (Phi) is 7.85. The normalized spacial score (nSPS) is 11.8. The zero-order valence-corrected chi connectivity index (χ0v) is 15.3. The summed E-state index contributed by atoms with van der Waals surface area (Å²) in [7, 11) is 1.61. The highest BCUT2D eigenvalue weighted by molar-refractivity contribution is 6.32. The highest BCUT2D eigenvalue weighted by Gasteiger charge is 2.07. The Morgan fingerprint density at radius 2 is 1.76 bits per heavy atom. The lowest BCUT2D eigenvalue weighted by atomic mass is 10.2. The molecule has 0 spiro atoms. The minimum absolute atomic E-state index is 0.373. The molecule has 5 nitrogen and oxygen atoms in total. The molecule has 1 unspecified atom stereocenters.